The van der Waals surface area contributed by atoms with Gasteiger partial charge >= 0.3 is 0 Å². The molecule has 1 heterocycles. The van der Waals surface area contributed by atoms with E-state index >= 15 is 0 Å². The lowest BCUT2D eigenvalue weighted by Crippen LogP contribution is -2.27. The fourth-order valence-corrected chi connectivity index (χ4v) is 4.14. The van der Waals surface area contributed by atoms with Gasteiger partial charge in [-0.2, -0.15) is 4.31 Å². The van der Waals surface area contributed by atoms with Gasteiger partial charge in [-0.1, -0.05) is 12.1 Å². The molecule has 0 aliphatic carbocycles. The maximum atomic E-state index is 13.8. The highest BCUT2D eigenvalue weighted by Gasteiger charge is 2.26. The molecule has 116 valence electrons. The van der Waals surface area contributed by atoms with Gasteiger partial charge in [0.1, 0.15) is 11.6 Å². The number of benzene rings is 2. The van der Waals surface area contributed by atoms with E-state index in [9.17, 15) is 17.9 Å². The number of rotatable bonds is 3. The summed E-state index contributed by atoms with van der Waals surface area (Å²) in [5, 5.41) is 9.23. The second kappa shape index (κ2) is 5.70. The summed E-state index contributed by atoms with van der Waals surface area (Å²) in [5.41, 5.74) is 0.890. The van der Waals surface area contributed by atoms with E-state index in [2.05, 4.69) is 0 Å². The third kappa shape index (κ3) is 2.71. The van der Waals surface area contributed by atoms with E-state index in [1.807, 2.05) is 0 Å². The summed E-state index contributed by atoms with van der Waals surface area (Å²) in [6, 6.07) is 10.0. The molecule has 4 nitrogen and oxygen atoms in total. The Morgan fingerprint density at radius 2 is 1.64 bits per heavy atom. The Bertz CT molecular complexity index is 782. The topological polar surface area (TPSA) is 57.6 Å². The summed E-state index contributed by atoms with van der Waals surface area (Å²) in [6.45, 7) is 1.10. The number of halogens is 1. The third-order valence-electron chi connectivity index (χ3n) is 3.82. The van der Waals surface area contributed by atoms with Crippen LogP contribution in [-0.2, 0) is 10.0 Å². The molecule has 0 radical (unpaired) electrons. The van der Waals surface area contributed by atoms with Crippen LogP contribution in [0.3, 0.4) is 0 Å². The first-order valence-electron chi connectivity index (χ1n) is 7.07. The molecule has 0 unspecified atom stereocenters. The molecule has 3 rings (SSSR count). The van der Waals surface area contributed by atoms with Crippen LogP contribution in [0.15, 0.2) is 47.4 Å². The Balaban J connectivity index is 1.92. The predicted octanol–water partition coefficient (Wildman–Crippen LogP) is 2.98. The van der Waals surface area contributed by atoms with Crippen molar-refractivity contribution in [2.45, 2.75) is 17.7 Å². The summed E-state index contributed by atoms with van der Waals surface area (Å²) in [7, 11) is -3.45. The number of hydrogen-bond donors (Lipinski definition) is 1. The zero-order chi connectivity index (χ0) is 15.7. The average molecular weight is 321 g/mol. The number of nitrogens with zero attached hydrogens (tertiary/aromatic N) is 1. The number of sulfonamides is 1. The van der Waals surface area contributed by atoms with Crippen molar-refractivity contribution in [2.24, 2.45) is 0 Å². The van der Waals surface area contributed by atoms with Gasteiger partial charge in [-0.05, 0) is 42.7 Å². The number of phenols is 1. The van der Waals surface area contributed by atoms with Crippen molar-refractivity contribution in [2.75, 3.05) is 13.1 Å². The maximum Gasteiger partial charge on any atom is 0.243 e. The molecule has 22 heavy (non-hydrogen) atoms. The Labute approximate surface area is 128 Å². The van der Waals surface area contributed by atoms with E-state index < -0.39 is 15.8 Å². The highest BCUT2D eigenvalue weighted by molar-refractivity contribution is 7.89. The summed E-state index contributed by atoms with van der Waals surface area (Å²) in [6.07, 6.45) is 1.77. The molecular weight excluding hydrogens is 305 g/mol. The van der Waals surface area contributed by atoms with Crippen molar-refractivity contribution in [3.8, 4) is 16.9 Å². The van der Waals surface area contributed by atoms with Crippen molar-refractivity contribution in [1.29, 1.82) is 0 Å². The SMILES string of the molecule is O=S(=O)(c1ccc(-c2ccc(O)cc2F)cc1)N1CCCC1. The second-order valence-electron chi connectivity index (χ2n) is 5.30. The minimum atomic E-state index is -3.45. The van der Waals surface area contributed by atoms with Gasteiger partial charge in [0.2, 0.25) is 10.0 Å². The number of phenolic OH excluding ortho intramolecular Hbond substituents is 1. The van der Waals surface area contributed by atoms with Crippen molar-refractivity contribution >= 4 is 10.0 Å². The van der Waals surface area contributed by atoms with E-state index in [0.29, 0.717) is 24.2 Å². The molecule has 2 aromatic carbocycles. The molecule has 0 aromatic heterocycles. The van der Waals surface area contributed by atoms with Crippen LogP contribution >= 0.6 is 0 Å². The first kappa shape index (κ1) is 15.0. The van der Waals surface area contributed by atoms with Gasteiger partial charge in [0.05, 0.1) is 4.90 Å². The predicted molar refractivity (Wildman–Crippen MR) is 81.5 cm³/mol. The fraction of sp³-hybridized carbons (Fsp3) is 0.250. The summed E-state index contributed by atoms with van der Waals surface area (Å²) in [4.78, 5) is 0.220. The van der Waals surface area contributed by atoms with Gasteiger partial charge in [0.25, 0.3) is 0 Å². The molecule has 6 heteroatoms. The monoisotopic (exact) mass is 321 g/mol. The normalized spacial score (nSPS) is 16.0. The highest BCUT2D eigenvalue weighted by Crippen LogP contribution is 2.28. The molecule has 0 spiro atoms. The van der Waals surface area contributed by atoms with E-state index in [-0.39, 0.29) is 10.6 Å². The Morgan fingerprint density at radius 1 is 1.00 bits per heavy atom. The average Bonchev–Trinajstić information content (AvgIpc) is 3.02. The molecule has 0 atom stereocenters. The lowest BCUT2D eigenvalue weighted by molar-refractivity contribution is 0.469. The van der Waals surface area contributed by atoms with Crippen molar-refractivity contribution in [3.63, 3.8) is 0 Å². The first-order valence-corrected chi connectivity index (χ1v) is 8.51. The molecule has 1 saturated heterocycles. The smallest absolute Gasteiger partial charge is 0.243 e. The van der Waals surface area contributed by atoms with Gasteiger partial charge in [0.15, 0.2) is 0 Å². The van der Waals surface area contributed by atoms with E-state index in [1.165, 1.54) is 28.6 Å². The summed E-state index contributed by atoms with van der Waals surface area (Å²) in [5.74, 6) is -0.690. The quantitative estimate of drug-likeness (QED) is 0.945. The van der Waals surface area contributed by atoms with Gasteiger partial charge in [-0.3, -0.25) is 0 Å². The highest BCUT2D eigenvalue weighted by atomic mass is 32.2. The third-order valence-corrected chi connectivity index (χ3v) is 5.73. The van der Waals surface area contributed by atoms with Crippen LogP contribution in [0.4, 0.5) is 4.39 Å². The lowest BCUT2D eigenvalue weighted by atomic mass is 10.1. The van der Waals surface area contributed by atoms with E-state index in [0.717, 1.165) is 18.9 Å². The van der Waals surface area contributed by atoms with Crippen LogP contribution in [0, 0.1) is 5.82 Å². The van der Waals surface area contributed by atoms with Crippen LogP contribution in [0.2, 0.25) is 0 Å². The maximum absolute atomic E-state index is 13.8. The van der Waals surface area contributed by atoms with Crippen molar-refractivity contribution in [1.82, 2.24) is 4.31 Å². The Morgan fingerprint density at radius 3 is 2.23 bits per heavy atom. The van der Waals surface area contributed by atoms with Crippen LogP contribution < -0.4 is 0 Å². The number of aromatic hydroxyl groups is 1. The molecule has 0 bridgehead atoms. The Hall–Kier alpha value is -1.92. The summed E-state index contributed by atoms with van der Waals surface area (Å²) >= 11 is 0. The molecule has 1 aliphatic rings. The van der Waals surface area contributed by atoms with Gasteiger partial charge < -0.3 is 5.11 Å². The molecular formula is C16H16FNO3S. The number of hydrogen-bond acceptors (Lipinski definition) is 3. The van der Waals surface area contributed by atoms with Crippen molar-refractivity contribution < 1.29 is 17.9 Å². The van der Waals surface area contributed by atoms with Crippen LogP contribution in [0.5, 0.6) is 5.75 Å². The molecule has 0 saturated carbocycles. The standard InChI is InChI=1S/C16H16FNO3S/c17-16-11-13(19)5-8-15(16)12-3-6-14(7-4-12)22(20,21)18-9-1-2-10-18/h3-8,11,19H,1-2,9-10H2. The van der Waals surface area contributed by atoms with E-state index in [4.69, 9.17) is 0 Å². The largest absolute Gasteiger partial charge is 0.508 e. The second-order valence-corrected chi connectivity index (χ2v) is 7.24. The van der Waals surface area contributed by atoms with Crippen molar-refractivity contribution in [3.05, 3.63) is 48.3 Å². The molecule has 1 fully saturated rings. The molecule has 1 aliphatic heterocycles. The Kier molecular flexibility index (Phi) is 3.88. The summed E-state index contributed by atoms with van der Waals surface area (Å²) < 4.78 is 40.1. The van der Waals surface area contributed by atoms with Crippen LogP contribution in [0.25, 0.3) is 11.1 Å². The van der Waals surface area contributed by atoms with Crippen LogP contribution in [-0.4, -0.2) is 30.9 Å². The van der Waals surface area contributed by atoms with E-state index in [1.54, 1.807) is 12.1 Å². The molecule has 0 amide bonds. The minimum absolute atomic E-state index is 0.144. The zero-order valence-corrected chi connectivity index (χ0v) is 12.7. The van der Waals surface area contributed by atoms with Gasteiger partial charge in [-0.25, -0.2) is 12.8 Å². The molecule has 2 aromatic rings. The first-order chi connectivity index (χ1) is 10.5. The lowest BCUT2D eigenvalue weighted by Gasteiger charge is -2.15. The van der Waals surface area contributed by atoms with Gasteiger partial charge in [0, 0.05) is 24.7 Å². The fourth-order valence-electron chi connectivity index (χ4n) is 2.62. The minimum Gasteiger partial charge on any atom is -0.508 e. The molecule has 1 N–H and O–H groups in total. The van der Waals surface area contributed by atoms with Gasteiger partial charge in [-0.15, -0.1) is 0 Å². The van der Waals surface area contributed by atoms with Crippen LogP contribution in [0.1, 0.15) is 12.8 Å². The zero-order valence-electron chi connectivity index (χ0n) is 11.9.